The SMILES string of the molecule is CCCN(C)S(=O)(=O)NC(=O)c1cnc2ccc(N3CCCC3c3cccc(OC)c3)cn12. The molecule has 1 amide bonds. The molecule has 1 saturated heterocycles. The van der Waals surface area contributed by atoms with Gasteiger partial charge < -0.3 is 9.64 Å². The number of carbonyl (C=O) groups excluding carboxylic acids is 1. The fourth-order valence-electron chi connectivity index (χ4n) is 4.26. The molecule has 1 fully saturated rings. The van der Waals surface area contributed by atoms with E-state index in [1.54, 1.807) is 11.5 Å². The minimum Gasteiger partial charge on any atom is -0.497 e. The molecule has 9 nitrogen and oxygen atoms in total. The van der Waals surface area contributed by atoms with E-state index < -0.39 is 16.1 Å². The van der Waals surface area contributed by atoms with Crippen molar-refractivity contribution in [3.63, 3.8) is 0 Å². The summed E-state index contributed by atoms with van der Waals surface area (Å²) in [6.07, 6.45) is 5.93. The number of hydrogen-bond donors (Lipinski definition) is 1. The van der Waals surface area contributed by atoms with Gasteiger partial charge in [0.2, 0.25) is 0 Å². The first-order chi connectivity index (χ1) is 15.8. The molecule has 4 rings (SSSR count). The lowest BCUT2D eigenvalue weighted by atomic mass is 10.0. The van der Waals surface area contributed by atoms with Crippen LogP contribution in [-0.4, -0.2) is 55.3 Å². The second-order valence-corrected chi connectivity index (χ2v) is 9.92. The molecule has 1 N–H and O–H groups in total. The van der Waals surface area contributed by atoms with Gasteiger partial charge in [-0.1, -0.05) is 19.1 Å². The molecule has 0 spiro atoms. The summed E-state index contributed by atoms with van der Waals surface area (Å²) < 4.78 is 35.2. The lowest BCUT2D eigenvalue weighted by Crippen LogP contribution is -2.42. The number of benzene rings is 1. The second kappa shape index (κ2) is 9.40. The number of carbonyl (C=O) groups is 1. The van der Waals surface area contributed by atoms with Gasteiger partial charge >= 0.3 is 10.2 Å². The Kier molecular flexibility index (Phi) is 6.57. The van der Waals surface area contributed by atoms with E-state index in [0.29, 0.717) is 18.6 Å². The molecule has 3 heterocycles. The minimum atomic E-state index is -3.92. The zero-order chi connectivity index (χ0) is 23.6. The molecule has 33 heavy (non-hydrogen) atoms. The number of imidazole rings is 1. The number of rotatable bonds is 8. The van der Waals surface area contributed by atoms with E-state index in [-0.39, 0.29) is 11.7 Å². The highest BCUT2D eigenvalue weighted by Gasteiger charge is 2.28. The number of nitrogens with one attached hydrogen (secondary N) is 1. The molecule has 176 valence electrons. The van der Waals surface area contributed by atoms with Gasteiger partial charge in [-0.15, -0.1) is 0 Å². The number of nitrogens with zero attached hydrogens (tertiary/aromatic N) is 4. The monoisotopic (exact) mass is 471 g/mol. The number of aromatic nitrogens is 2. The fourth-order valence-corrected chi connectivity index (χ4v) is 5.18. The number of amides is 1. The summed E-state index contributed by atoms with van der Waals surface area (Å²) in [5, 5.41) is 0. The number of hydrogen-bond acceptors (Lipinski definition) is 6. The van der Waals surface area contributed by atoms with Gasteiger partial charge in [-0.05, 0) is 49.1 Å². The van der Waals surface area contributed by atoms with Gasteiger partial charge in [0, 0.05) is 26.3 Å². The summed E-state index contributed by atoms with van der Waals surface area (Å²) in [5.74, 6) is 0.103. The van der Waals surface area contributed by atoms with Crippen LogP contribution in [0.1, 0.15) is 48.3 Å². The molecular weight excluding hydrogens is 442 g/mol. The van der Waals surface area contributed by atoms with Crippen molar-refractivity contribution in [3.05, 3.63) is 60.0 Å². The van der Waals surface area contributed by atoms with Crippen LogP contribution >= 0.6 is 0 Å². The summed E-state index contributed by atoms with van der Waals surface area (Å²) in [5.41, 5.74) is 2.84. The van der Waals surface area contributed by atoms with Crippen molar-refractivity contribution in [2.24, 2.45) is 0 Å². The van der Waals surface area contributed by atoms with Gasteiger partial charge in [-0.25, -0.2) is 9.71 Å². The molecule has 0 saturated carbocycles. The standard InChI is InChI=1S/C23H29N5O4S/c1-4-12-26(2)33(30,31)25-23(29)21-15-24-22-11-10-18(16-28(21)22)27-13-6-9-20(27)17-7-5-8-19(14-17)32-3/h5,7-8,10-11,14-16,20H,4,6,9,12-13H2,1-3H3,(H,25,29). The zero-order valence-electron chi connectivity index (χ0n) is 19.1. The fraction of sp³-hybridized carbons (Fsp3) is 0.391. The van der Waals surface area contributed by atoms with Crippen molar-refractivity contribution in [3.8, 4) is 5.75 Å². The van der Waals surface area contributed by atoms with E-state index in [4.69, 9.17) is 4.74 Å². The van der Waals surface area contributed by atoms with Crippen LogP contribution in [0.4, 0.5) is 5.69 Å². The Morgan fingerprint density at radius 2 is 2.12 bits per heavy atom. The predicted octanol–water partition coefficient (Wildman–Crippen LogP) is 3.00. The average Bonchev–Trinajstić information content (AvgIpc) is 3.46. The Bertz CT molecular complexity index is 1260. The second-order valence-electron chi connectivity index (χ2n) is 8.14. The highest BCUT2D eigenvalue weighted by atomic mass is 32.2. The van der Waals surface area contributed by atoms with Crippen LogP contribution < -0.4 is 14.4 Å². The minimum absolute atomic E-state index is 0.164. The Balaban J connectivity index is 1.63. The van der Waals surface area contributed by atoms with E-state index in [1.165, 1.54) is 18.8 Å². The summed E-state index contributed by atoms with van der Waals surface area (Å²) in [7, 11) is -0.823. The molecule has 0 aliphatic carbocycles. The molecule has 3 aromatic rings. The van der Waals surface area contributed by atoms with Crippen LogP contribution in [-0.2, 0) is 10.2 Å². The molecule has 10 heteroatoms. The topological polar surface area (TPSA) is 96.2 Å². The highest BCUT2D eigenvalue weighted by molar-refractivity contribution is 7.87. The normalized spacial score (nSPS) is 16.5. The Labute approximate surface area is 194 Å². The highest BCUT2D eigenvalue weighted by Crippen LogP contribution is 2.37. The van der Waals surface area contributed by atoms with Crippen LogP contribution in [0.15, 0.2) is 48.8 Å². The van der Waals surface area contributed by atoms with Gasteiger partial charge in [0.05, 0.1) is 25.0 Å². The largest absolute Gasteiger partial charge is 0.497 e. The first kappa shape index (κ1) is 23.1. The summed E-state index contributed by atoms with van der Waals surface area (Å²) in [6.45, 7) is 3.07. The van der Waals surface area contributed by atoms with E-state index in [2.05, 4.69) is 26.7 Å². The lowest BCUT2D eigenvalue weighted by molar-refractivity contribution is 0.0973. The van der Waals surface area contributed by atoms with Gasteiger partial charge in [0.1, 0.15) is 17.1 Å². The lowest BCUT2D eigenvalue weighted by Gasteiger charge is -2.27. The summed E-state index contributed by atoms with van der Waals surface area (Å²) in [6, 6.07) is 12.1. The van der Waals surface area contributed by atoms with Crippen molar-refractivity contribution >= 4 is 27.5 Å². The molecule has 2 aromatic heterocycles. The Morgan fingerprint density at radius 1 is 1.30 bits per heavy atom. The first-order valence-electron chi connectivity index (χ1n) is 11.0. The van der Waals surface area contributed by atoms with Gasteiger partial charge in [-0.2, -0.15) is 12.7 Å². The van der Waals surface area contributed by atoms with Crippen molar-refractivity contribution in [2.45, 2.75) is 32.2 Å². The van der Waals surface area contributed by atoms with Crippen molar-refractivity contribution < 1.29 is 17.9 Å². The maximum Gasteiger partial charge on any atom is 0.303 e. The number of pyridine rings is 1. The van der Waals surface area contributed by atoms with Crippen molar-refractivity contribution in [1.82, 2.24) is 18.4 Å². The van der Waals surface area contributed by atoms with Crippen LogP contribution in [0.5, 0.6) is 5.75 Å². The Hall–Kier alpha value is -3.11. The molecule has 0 radical (unpaired) electrons. The quantitative estimate of drug-likeness (QED) is 0.543. The van der Waals surface area contributed by atoms with Crippen LogP contribution in [0.2, 0.25) is 0 Å². The Morgan fingerprint density at radius 3 is 2.88 bits per heavy atom. The zero-order valence-corrected chi connectivity index (χ0v) is 19.9. The molecule has 0 bridgehead atoms. The van der Waals surface area contributed by atoms with Crippen LogP contribution in [0.25, 0.3) is 5.65 Å². The molecule has 1 unspecified atom stereocenters. The molecule has 1 aliphatic heterocycles. The maximum atomic E-state index is 12.8. The van der Waals surface area contributed by atoms with E-state index in [1.807, 2.05) is 37.4 Å². The third kappa shape index (κ3) is 4.67. The van der Waals surface area contributed by atoms with Crippen molar-refractivity contribution in [1.29, 1.82) is 0 Å². The van der Waals surface area contributed by atoms with Crippen molar-refractivity contribution in [2.75, 3.05) is 32.1 Å². The van der Waals surface area contributed by atoms with Gasteiger partial charge in [0.25, 0.3) is 5.91 Å². The van der Waals surface area contributed by atoms with Gasteiger partial charge in [-0.3, -0.25) is 9.20 Å². The molecule has 1 atom stereocenters. The number of fused-ring (bicyclic) bond motifs is 1. The molecular formula is C23H29N5O4S. The molecule has 1 aliphatic rings. The number of methoxy groups -OCH3 is 1. The molecule has 1 aromatic carbocycles. The third-order valence-corrected chi connectivity index (χ3v) is 7.40. The number of anilines is 1. The van der Waals surface area contributed by atoms with Gasteiger partial charge in [0.15, 0.2) is 0 Å². The van der Waals surface area contributed by atoms with Crippen LogP contribution in [0.3, 0.4) is 0 Å². The van der Waals surface area contributed by atoms with Crippen LogP contribution in [0, 0.1) is 0 Å². The average molecular weight is 472 g/mol. The maximum absolute atomic E-state index is 12.8. The third-order valence-electron chi connectivity index (χ3n) is 5.96. The summed E-state index contributed by atoms with van der Waals surface area (Å²) in [4.78, 5) is 19.4. The smallest absolute Gasteiger partial charge is 0.303 e. The van der Waals surface area contributed by atoms with E-state index in [0.717, 1.165) is 35.1 Å². The number of ether oxygens (including phenoxy) is 1. The van der Waals surface area contributed by atoms with E-state index in [9.17, 15) is 13.2 Å². The van der Waals surface area contributed by atoms with E-state index >= 15 is 0 Å². The predicted molar refractivity (Wildman–Crippen MR) is 127 cm³/mol. The first-order valence-corrected chi connectivity index (χ1v) is 12.4. The summed E-state index contributed by atoms with van der Waals surface area (Å²) >= 11 is 0.